The van der Waals surface area contributed by atoms with Crippen molar-refractivity contribution in [3.8, 4) is 5.75 Å². The molecule has 1 aromatic rings. The molecule has 0 aromatic heterocycles. The molecule has 1 aliphatic rings. The van der Waals surface area contributed by atoms with Gasteiger partial charge in [-0.2, -0.15) is 0 Å². The summed E-state index contributed by atoms with van der Waals surface area (Å²) in [6, 6.07) is 6.27. The molecule has 0 unspecified atom stereocenters. The number of piperazine rings is 1. The fourth-order valence-corrected chi connectivity index (χ4v) is 3.14. The van der Waals surface area contributed by atoms with Crippen molar-refractivity contribution in [2.45, 2.75) is 26.3 Å². The maximum Gasteiger partial charge on any atom is 0.191 e. The molecule has 0 spiro atoms. The van der Waals surface area contributed by atoms with Gasteiger partial charge in [-0.15, -0.1) is 0 Å². The molecule has 6 nitrogen and oxygen atoms in total. The van der Waals surface area contributed by atoms with Gasteiger partial charge in [0.05, 0.1) is 7.11 Å². The molecule has 26 heavy (non-hydrogen) atoms. The van der Waals surface area contributed by atoms with Gasteiger partial charge in [-0.05, 0) is 45.0 Å². The molecule has 0 atom stereocenters. The molecule has 1 fully saturated rings. The Bertz CT molecular complexity index is 567. The van der Waals surface area contributed by atoms with Gasteiger partial charge in [0, 0.05) is 51.9 Å². The van der Waals surface area contributed by atoms with E-state index in [9.17, 15) is 0 Å². The predicted octanol–water partition coefficient (Wildman–Crippen LogP) is 1.70. The second kappa shape index (κ2) is 11.0. The predicted molar refractivity (Wildman–Crippen MR) is 109 cm³/mol. The van der Waals surface area contributed by atoms with Gasteiger partial charge >= 0.3 is 0 Å². The van der Waals surface area contributed by atoms with E-state index in [1.54, 1.807) is 7.11 Å². The van der Waals surface area contributed by atoms with Crippen LogP contribution >= 0.6 is 0 Å². The highest BCUT2D eigenvalue weighted by Gasteiger charge is 2.12. The number of benzene rings is 1. The summed E-state index contributed by atoms with van der Waals surface area (Å²) < 4.78 is 5.46. The SMILES string of the molecule is CN=C(NCCCCN1CCN(C)CC1)NCc1ccc(C)cc1OC. The maximum atomic E-state index is 5.46. The molecule has 0 saturated carbocycles. The zero-order valence-electron chi connectivity index (χ0n) is 16.8. The van der Waals surface area contributed by atoms with Crippen LogP contribution in [-0.2, 0) is 6.54 Å². The van der Waals surface area contributed by atoms with Crippen LogP contribution in [0.5, 0.6) is 5.75 Å². The van der Waals surface area contributed by atoms with Gasteiger partial charge < -0.3 is 25.2 Å². The number of nitrogens with zero attached hydrogens (tertiary/aromatic N) is 3. The van der Waals surface area contributed by atoms with Crippen LogP contribution < -0.4 is 15.4 Å². The summed E-state index contributed by atoms with van der Waals surface area (Å²) in [5.41, 5.74) is 2.34. The monoisotopic (exact) mass is 361 g/mol. The normalized spacial score (nSPS) is 16.5. The number of aryl methyl sites for hydroxylation is 1. The molecular weight excluding hydrogens is 326 g/mol. The van der Waals surface area contributed by atoms with E-state index >= 15 is 0 Å². The summed E-state index contributed by atoms with van der Waals surface area (Å²) in [4.78, 5) is 9.28. The lowest BCUT2D eigenvalue weighted by Gasteiger charge is -2.32. The Labute approximate surface area is 158 Å². The summed E-state index contributed by atoms with van der Waals surface area (Å²) in [5.74, 6) is 1.76. The summed E-state index contributed by atoms with van der Waals surface area (Å²) in [6.45, 7) is 9.69. The first-order chi connectivity index (χ1) is 12.6. The zero-order valence-corrected chi connectivity index (χ0v) is 16.8. The van der Waals surface area contributed by atoms with E-state index in [0.717, 1.165) is 30.2 Å². The number of guanidine groups is 1. The van der Waals surface area contributed by atoms with Gasteiger partial charge in [-0.3, -0.25) is 4.99 Å². The van der Waals surface area contributed by atoms with Crippen molar-refractivity contribution < 1.29 is 4.74 Å². The topological polar surface area (TPSA) is 52.1 Å². The van der Waals surface area contributed by atoms with Gasteiger partial charge in [0.2, 0.25) is 0 Å². The molecule has 0 radical (unpaired) electrons. The number of nitrogens with one attached hydrogen (secondary N) is 2. The Morgan fingerprint density at radius 3 is 2.62 bits per heavy atom. The van der Waals surface area contributed by atoms with Crippen LogP contribution in [0, 0.1) is 6.92 Å². The van der Waals surface area contributed by atoms with E-state index in [2.05, 4.69) is 57.6 Å². The Hall–Kier alpha value is -1.79. The lowest BCUT2D eigenvalue weighted by atomic mass is 10.1. The van der Waals surface area contributed by atoms with Crippen molar-refractivity contribution in [1.82, 2.24) is 20.4 Å². The van der Waals surface area contributed by atoms with Crippen LogP contribution in [0.2, 0.25) is 0 Å². The first kappa shape index (κ1) is 20.5. The number of aliphatic imine (C=N–C) groups is 1. The van der Waals surface area contributed by atoms with Gasteiger partial charge in [0.15, 0.2) is 5.96 Å². The molecule has 1 aromatic carbocycles. The molecular formula is C20H35N5O. The van der Waals surface area contributed by atoms with Gasteiger partial charge in [0.25, 0.3) is 0 Å². The minimum absolute atomic E-state index is 0.699. The van der Waals surface area contributed by atoms with E-state index in [4.69, 9.17) is 4.74 Å². The lowest BCUT2D eigenvalue weighted by Crippen LogP contribution is -2.44. The number of hydrogen-bond donors (Lipinski definition) is 2. The van der Waals surface area contributed by atoms with E-state index in [-0.39, 0.29) is 0 Å². The second-order valence-electron chi connectivity index (χ2n) is 7.02. The Morgan fingerprint density at radius 1 is 1.15 bits per heavy atom. The third kappa shape index (κ3) is 6.84. The van der Waals surface area contributed by atoms with Crippen LogP contribution in [0.4, 0.5) is 0 Å². The fraction of sp³-hybridized carbons (Fsp3) is 0.650. The molecule has 2 rings (SSSR count). The highest BCUT2D eigenvalue weighted by molar-refractivity contribution is 5.79. The Balaban J connectivity index is 1.63. The number of hydrogen-bond acceptors (Lipinski definition) is 4. The third-order valence-electron chi connectivity index (χ3n) is 4.90. The van der Waals surface area contributed by atoms with E-state index in [1.165, 1.54) is 44.7 Å². The van der Waals surface area contributed by atoms with Crippen LogP contribution in [0.15, 0.2) is 23.2 Å². The van der Waals surface area contributed by atoms with E-state index in [0.29, 0.717) is 6.54 Å². The molecule has 1 heterocycles. The average molecular weight is 362 g/mol. The van der Waals surface area contributed by atoms with Crippen molar-refractivity contribution >= 4 is 5.96 Å². The molecule has 0 bridgehead atoms. The number of ether oxygens (including phenoxy) is 1. The van der Waals surface area contributed by atoms with Crippen molar-refractivity contribution in [3.05, 3.63) is 29.3 Å². The largest absolute Gasteiger partial charge is 0.496 e. The summed E-state index contributed by atoms with van der Waals surface area (Å²) in [6.07, 6.45) is 2.38. The maximum absolute atomic E-state index is 5.46. The Morgan fingerprint density at radius 2 is 1.92 bits per heavy atom. The molecule has 0 amide bonds. The number of methoxy groups -OCH3 is 1. The van der Waals surface area contributed by atoms with Crippen molar-refractivity contribution in [2.24, 2.45) is 4.99 Å². The standard InChI is InChI=1S/C20H35N5O/c1-17-7-8-18(19(15-17)26-4)16-23-20(21-2)22-9-5-6-10-25-13-11-24(3)12-14-25/h7-8,15H,5-6,9-14,16H2,1-4H3,(H2,21,22,23). The van der Waals surface area contributed by atoms with Gasteiger partial charge in [-0.1, -0.05) is 12.1 Å². The zero-order chi connectivity index (χ0) is 18.8. The quantitative estimate of drug-likeness (QED) is 0.419. The molecule has 1 aliphatic heterocycles. The van der Waals surface area contributed by atoms with Crippen LogP contribution in [0.3, 0.4) is 0 Å². The van der Waals surface area contributed by atoms with Gasteiger partial charge in [0.1, 0.15) is 5.75 Å². The summed E-state index contributed by atoms with van der Waals surface area (Å²) in [5, 5.41) is 6.77. The van der Waals surface area contributed by atoms with E-state index in [1.807, 2.05) is 7.05 Å². The minimum atomic E-state index is 0.699. The van der Waals surface area contributed by atoms with Crippen LogP contribution in [0.1, 0.15) is 24.0 Å². The summed E-state index contributed by atoms with van der Waals surface area (Å²) in [7, 11) is 5.73. The molecule has 6 heteroatoms. The number of unbranched alkanes of at least 4 members (excludes halogenated alkanes) is 1. The minimum Gasteiger partial charge on any atom is -0.496 e. The number of likely N-dealkylation sites (N-methyl/N-ethyl adjacent to an activating group) is 1. The van der Waals surface area contributed by atoms with Crippen molar-refractivity contribution in [2.75, 3.05) is 60.5 Å². The fourth-order valence-electron chi connectivity index (χ4n) is 3.14. The van der Waals surface area contributed by atoms with Gasteiger partial charge in [-0.25, -0.2) is 0 Å². The van der Waals surface area contributed by atoms with E-state index < -0.39 is 0 Å². The average Bonchev–Trinajstić information content (AvgIpc) is 2.66. The van der Waals surface area contributed by atoms with Crippen molar-refractivity contribution in [1.29, 1.82) is 0 Å². The molecule has 2 N–H and O–H groups in total. The molecule has 1 saturated heterocycles. The lowest BCUT2D eigenvalue weighted by molar-refractivity contribution is 0.152. The summed E-state index contributed by atoms with van der Waals surface area (Å²) >= 11 is 0. The van der Waals surface area contributed by atoms with Crippen LogP contribution in [-0.4, -0.2) is 76.2 Å². The highest BCUT2D eigenvalue weighted by atomic mass is 16.5. The number of rotatable bonds is 8. The third-order valence-corrected chi connectivity index (χ3v) is 4.90. The smallest absolute Gasteiger partial charge is 0.191 e. The van der Waals surface area contributed by atoms with Crippen LogP contribution in [0.25, 0.3) is 0 Å². The second-order valence-corrected chi connectivity index (χ2v) is 7.02. The first-order valence-corrected chi connectivity index (χ1v) is 9.61. The molecule has 0 aliphatic carbocycles. The Kier molecular flexibility index (Phi) is 8.71. The first-order valence-electron chi connectivity index (χ1n) is 9.61. The highest BCUT2D eigenvalue weighted by Crippen LogP contribution is 2.19. The van der Waals surface area contributed by atoms with Crippen molar-refractivity contribution in [3.63, 3.8) is 0 Å². The molecule has 146 valence electrons.